The molecule has 0 saturated carbocycles. The SMILES string of the molecule is CCC[C@H]1O[C@@H]2SC(N(C)C(=O)OC(C)(C)C)=N[C@@H]2[C@@H](OCc2ccc(OC)cc2)[C@@H]1C. The van der Waals surface area contributed by atoms with Gasteiger partial charge in [0.05, 0.1) is 25.9 Å². The maximum absolute atomic E-state index is 12.6. The van der Waals surface area contributed by atoms with E-state index in [4.69, 9.17) is 23.9 Å². The van der Waals surface area contributed by atoms with E-state index < -0.39 is 11.7 Å². The van der Waals surface area contributed by atoms with Gasteiger partial charge in [0, 0.05) is 13.0 Å². The minimum atomic E-state index is -0.566. The molecule has 0 unspecified atom stereocenters. The molecule has 0 bridgehead atoms. The number of methoxy groups -OCH3 is 1. The Kier molecular flexibility index (Phi) is 8.11. The molecule has 2 heterocycles. The van der Waals surface area contributed by atoms with Gasteiger partial charge >= 0.3 is 6.09 Å². The third-order valence-electron chi connectivity index (χ3n) is 5.64. The summed E-state index contributed by atoms with van der Waals surface area (Å²) in [6.45, 7) is 10.4. The van der Waals surface area contributed by atoms with Crippen LogP contribution in [0.1, 0.15) is 53.0 Å². The van der Waals surface area contributed by atoms with Crippen molar-refractivity contribution in [2.24, 2.45) is 10.9 Å². The van der Waals surface area contributed by atoms with Crippen LogP contribution in [-0.4, -0.2) is 59.6 Å². The Morgan fingerprint density at radius 3 is 2.53 bits per heavy atom. The molecule has 178 valence electrons. The van der Waals surface area contributed by atoms with E-state index in [1.54, 1.807) is 14.2 Å². The number of fused-ring (bicyclic) bond motifs is 1. The average molecular weight is 465 g/mol. The van der Waals surface area contributed by atoms with Crippen LogP contribution in [0.4, 0.5) is 4.79 Å². The zero-order chi connectivity index (χ0) is 23.5. The number of hydrogen-bond acceptors (Lipinski definition) is 7. The lowest BCUT2D eigenvalue weighted by atomic mass is 9.88. The van der Waals surface area contributed by atoms with Gasteiger partial charge in [-0.3, -0.25) is 9.89 Å². The fraction of sp³-hybridized carbons (Fsp3) is 0.667. The van der Waals surface area contributed by atoms with Crippen molar-refractivity contribution in [2.45, 2.75) is 83.4 Å². The summed E-state index contributed by atoms with van der Waals surface area (Å²) in [5, 5.41) is 0.608. The second kappa shape index (κ2) is 10.4. The van der Waals surface area contributed by atoms with Gasteiger partial charge < -0.3 is 18.9 Å². The van der Waals surface area contributed by atoms with Crippen molar-refractivity contribution in [2.75, 3.05) is 14.2 Å². The Labute approximate surface area is 195 Å². The predicted molar refractivity (Wildman–Crippen MR) is 127 cm³/mol. The zero-order valence-electron chi connectivity index (χ0n) is 20.2. The highest BCUT2D eigenvalue weighted by atomic mass is 32.2. The van der Waals surface area contributed by atoms with Gasteiger partial charge in [-0.25, -0.2) is 4.79 Å². The van der Waals surface area contributed by atoms with Crippen molar-refractivity contribution in [1.82, 2.24) is 4.90 Å². The number of benzene rings is 1. The number of aliphatic imine (C=N–C) groups is 1. The molecule has 7 nitrogen and oxygen atoms in total. The molecule has 1 saturated heterocycles. The van der Waals surface area contributed by atoms with Crippen molar-refractivity contribution >= 4 is 23.0 Å². The van der Waals surface area contributed by atoms with Gasteiger partial charge in [0.15, 0.2) is 5.17 Å². The number of carbonyl (C=O) groups is 1. The molecule has 1 aromatic rings. The quantitative estimate of drug-likeness (QED) is 0.585. The normalized spacial score (nSPS) is 27.5. The number of amidine groups is 1. The van der Waals surface area contributed by atoms with Crippen molar-refractivity contribution < 1.29 is 23.7 Å². The Morgan fingerprint density at radius 1 is 1.25 bits per heavy atom. The molecular weight excluding hydrogens is 428 g/mol. The van der Waals surface area contributed by atoms with E-state index in [1.807, 2.05) is 45.0 Å². The highest BCUT2D eigenvalue weighted by molar-refractivity contribution is 8.14. The summed E-state index contributed by atoms with van der Waals surface area (Å²) in [4.78, 5) is 18.9. The van der Waals surface area contributed by atoms with Crippen LogP contribution in [0.2, 0.25) is 0 Å². The second-order valence-corrected chi connectivity index (χ2v) is 10.4. The molecule has 8 heteroatoms. The van der Waals surface area contributed by atoms with Crippen LogP contribution >= 0.6 is 11.8 Å². The number of nitrogens with zero attached hydrogens (tertiary/aromatic N) is 2. The average Bonchev–Trinajstić information content (AvgIpc) is 3.16. The molecule has 2 aliphatic heterocycles. The first kappa shape index (κ1) is 24.9. The fourth-order valence-electron chi connectivity index (χ4n) is 3.90. The Bertz CT molecular complexity index is 808. The number of thioether (sulfide) groups is 1. The molecular formula is C24H36N2O5S. The Balaban J connectivity index is 1.75. The Morgan fingerprint density at radius 2 is 1.94 bits per heavy atom. The van der Waals surface area contributed by atoms with Gasteiger partial charge in [0.1, 0.15) is 22.8 Å². The van der Waals surface area contributed by atoms with Crippen LogP contribution in [0.3, 0.4) is 0 Å². The molecule has 32 heavy (non-hydrogen) atoms. The molecule has 1 fully saturated rings. The van der Waals surface area contributed by atoms with E-state index in [1.165, 1.54) is 16.7 Å². The smallest absolute Gasteiger partial charge is 0.416 e. The van der Waals surface area contributed by atoms with Crippen molar-refractivity contribution in [3.63, 3.8) is 0 Å². The van der Waals surface area contributed by atoms with Gasteiger partial charge in [-0.05, 0) is 44.9 Å². The van der Waals surface area contributed by atoms with E-state index in [0.29, 0.717) is 11.8 Å². The number of rotatable bonds is 6. The van der Waals surface area contributed by atoms with Crippen LogP contribution in [-0.2, 0) is 20.8 Å². The predicted octanol–water partition coefficient (Wildman–Crippen LogP) is 5.08. The first-order valence-electron chi connectivity index (χ1n) is 11.2. The molecule has 1 amide bonds. The monoisotopic (exact) mass is 464 g/mol. The Hall–Kier alpha value is -1.77. The van der Waals surface area contributed by atoms with Gasteiger partial charge in [-0.15, -0.1) is 0 Å². The lowest BCUT2D eigenvalue weighted by molar-refractivity contribution is -0.138. The largest absolute Gasteiger partial charge is 0.497 e. The van der Waals surface area contributed by atoms with E-state index in [2.05, 4.69) is 13.8 Å². The molecule has 0 N–H and O–H groups in total. The highest BCUT2D eigenvalue weighted by Crippen LogP contribution is 2.42. The molecule has 5 atom stereocenters. The first-order chi connectivity index (χ1) is 15.1. The van der Waals surface area contributed by atoms with Gasteiger partial charge in [-0.1, -0.05) is 44.2 Å². The molecule has 0 spiro atoms. The molecule has 1 aromatic carbocycles. The number of hydrogen-bond donors (Lipinski definition) is 0. The summed E-state index contributed by atoms with van der Waals surface area (Å²) in [5.41, 5.74) is 0.334. The van der Waals surface area contributed by atoms with Crippen LogP contribution < -0.4 is 4.74 Å². The summed E-state index contributed by atoms with van der Waals surface area (Å²) in [5.74, 6) is 1.01. The topological polar surface area (TPSA) is 69.6 Å². The molecule has 0 radical (unpaired) electrons. The standard InChI is InChI=1S/C24H36N2O5S/c1-8-9-18-15(2)20(29-14-16-10-12-17(28-7)13-11-16)19-21(30-18)32-22(25-19)26(6)23(27)31-24(3,4)5/h10-13,15,18-21H,8-9,14H2,1-7H3/t15-,18-,19-,20+,21-/m1/s1. The summed E-state index contributed by atoms with van der Waals surface area (Å²) in [6.07, 6.45) is 1.56. The molecule has 2 aliphatic rings. The van der Waals surface area contributed by atoms with Gasteiger partial charge in [-0.2, -0.15) is 0 Å². The minimum absolute atomic E-state index is 0.0935. The second-order valence-electron chi connectivity index (χ2n) is 9.37. The number of ether oxygens (including phenoxy) is 4. The van der Waals surface area contributed by atoms with E-state index >= 15 is 0 Å². The van der Waals surface area contributed by atoms with Crippen LogP contribution in [0, 0.1) is 5.92 Å². The number of carbonyl (C=O) groups excluding carboxylic acids is 1. The van der Waals surface area contributed by atoms with Crippen LogP contribution in [0.25, 0.3) is 0 Å². The van der Waals surface area contributed by atoms with Crippen molar-refractivity contribution in [3.05, 3.63) is 29.8 Å². The van der Waals surface area contributed by atoms with Crippen molar-refractivity contribution in [3.8, 4) is 5.75 Å². The summed E-state index contributed by atoms with van der Waals surface area (Å²) >= 11 is 1.48. The van der Waals surface area contributed by atoms with E-state index in [9.17, 15) is 4.79 Å². The maximum atomic E-state index is 12.6. The fourth-order valence-corrected chi connectivity index (χ4v) is 5.08. The van der Waals surface area contributed by atoms with E-state index in [-0.39, 0.29) is 29.6 Å². The van der Waals surface area contributed by atoms with Crippen LogP contribution in [0.5, 0.6) is 5.75 Å². The lowest BCUT2D eigenvalue weighted by Gasteiger charge is -2.41. The summed E-state index contributed by atoms with van der Waals surface area (Å²) in [6, 6.07) is 7.72. The third-order valence-corrected chi connectivity index (χ3v) is 6.85. The lowest BCUT2D eigenvalue weighted by Crippen LogP contribution is -2.51. The van der Waals surface area contributed by atoms with Crippen molar-refractivity contribution in [1.29, 1.82) is 0 Å². The van der Waals surface area contributed by atoms with E-state index in [0.717, 1.165) is 24.2 Å². The molecule has 3 rings (SSSR count). The molecule has 0 aromatic heterocycles. The van der Waals surface area contributed by atoms with Crippen LogP contribution in [0.15, 0.2) is 29.3 Å². The first-order valence-corrected chi connectivity index (χ1v) is 12.1. The minimum Gasteiger partial charge on any atom is -0.497 e. The zero-order valence-corrected chi connectivity index (χ0v) is 21.0. The maximum Gasteiger partial charge on any atom is 0.416 e. The third kappa shape index (κ3) is 5.97. The summed E-state index contributed by atoms with van der Waals surface area (Å²) < 4.78 is 23.6. The van der Waals surface area contributed by atoms with Gasteiger partial charge in [0.2, 0.25) is 0 Å². The number of amides is 1. The highest BCUT2D eigenvalue weighted by Gasteiger charge is 2.49. The van der Waals surface area contributed by atoms with Gasteiger partial charge in [0.25, 0.3) is 0 Å². The summed E-state index contributed by atoms with van der Waals surface area (Å²) in [7, 11) is 3.35. The molecule has 0 aliphatic carbocycles.